The van der Waals surface area contributed by atoms with Gasteiger partial charge in [0.2, 0.25) is 5.91 Å². The topological polar surface area (TPSA) is 46.6 Å². The average Bonchev–Trinajstić information content (AvgIpc) is 2.52. The van der Waals surface area contributed by atoms with Crippen molar-refractivity contribution in [2.24, 2.45) is 0 Å². The standard InChI is InChI=1S/C10H17NO3/c1-2-4-10(13)14-8-7-11-6-3-5-9(11)12/h2-8H2,1H3. The Balaban J connectivity index is 2.08. The summed E-state index contributed by atoms with van der Waals surface area (Å²) in [6.45, 7) is 3.63. The van der Waals surface area contributed by atoms with Gasteiger partial charge in [0.15, 0.2) is 0 Å². The van der Waals surface area contributed by atoms with Crippen LogP contribution in [0, 0.1) is 0 Å². The maximum Gasteiger partial charge on any atom is 0.305 e. The number of hydrogen-bond donors (Lipinski definition) is 0. The first-order valence-electron chi connectivity index (χ1n) is 5.17. The van der Waals surface area contributed by atoms with Crippen molar-refractivity contribution in [1.29, 1.82) is 0 Å². The molecule has 80 valence electrons. The first kappa shape index (κ1) is 11.0. The SMILES string of the molecule is CCCC(=O)OCCN1CCCC1=O. The van der Waals surface area contributed by atoms with Crippen molar-refractivity contribution >= 4 is 11.9 Å². The minimum Gasteiger partial charge on any atom is -0.464 e. The van der Waals surface area contributed by atoms with Crippen LogP contribution in [-0.2, 0) is 14.3 Å². The Hall–Kier alpha value is -1.06. The van der Waals surface area contributed by atoms with Crippen molar-refractivity contribution < 1.29 is 14.3 Å². The van der Waals surface area contributed by atoms with Gasteiger partial charge in [0.25, 0.3) is 0 Å². The third kappa shape index (κ3) is 3.36. The number of rotatable bonds is 5. The number of ether oxygens (including phenoxy) is 1. The summed E-state index contributed by atoms with van der Waals surface area (Å²) in [5.74, 6) is 0.00989. The molecule has 0 N–H and O–H groups in total. The van der Waals surface area contributed by atoms with E-state index in [0.29, 0.717) is 26.0 Å². The Morgan fingerprint density at radius 3 is 2.93 bits per heavy atom. The Morgan fingerprint density at radius 2 is 2.36 bits per heavy atom. The lowest BCUT2D eigenvalue weighted by Gasteiger charge is -2.14. The van der Waals surface area contributed by atoms with Crippen LogP contribution in [-0.4, -0.2) is 36.5 Å². The second-order valence-electron chi connectivity index (χ2n) is 3.45. The summed E-state index contributed by atoms with van der Waals surface area (Å²) in [6.07, 6.45) is 2.85. The molecule has 0 aromatic carbocycles. The summed E-state index contributed by atoms with van der Waals surface area (Å²) in [6, 6.07) is 0. The van der Waals surface area contributed by atoms with Gasteiger partial charge in [0, 0.05) is 19.4 Å². The molecule has 4 heteroatoms. The van der Waals surface area contributed by atoms with Crippen LogP contribution in [0.2, 0.25) is 0 Å². The van der Waals surface area contributed by atoms with E-state index in [1.807, 2.05) is 6.92 Å². The molecule has 14 heavy (non-hydrogen) atoms. The van der Waals surface area contributed by atoms with Crippen molar-refractivity contribution in [3.63, 3.8) is 0 Å². The normalized spacial score (nSPS) is 16.1. The maximum absolute atomic E-state index is 11.2. The molecule has 0 atom stereocenters. The Morgan fingerprint density at radius 1 is 1.57 bits per heavy atom. The highest BCUT2D eigenvalue weighted by Gasteiger charge is 2.19. The van der Waals surface area contributed by atoms with Crippen LogP contribution in [0.3, 0.4) is 0 Å². The molecular formula is C10H17NO3. The Bertz CT molecular complexity index is 215. The summed E-state index contributed by atoms with van der Waals surface area (Å²) in [4.78, 5) is 23.9. The van der Waals surface area contributed by atoms with E-state index in [1.165, 1.54) is 0 Å². The van der Waals surface area contributed by atoms with E-state index in [1.54, 1.807) is 4.90 Å². The Labute approximate surface area is 84.2 Å². The molecule has 0 saturated carbocycles. The van der Waals surface area contributed by atoms with E-state index < -0.39 is 0 Å². The summed E-state index contributed by atoms with van der Waals surface area (Å²) >= 11 is 0. The summed E-state index contributed by atoms with van der Waals surface area (Å²) in [5, 5.41) is 0. The van der Waals surface area contributed by atoms with Gasteiger partial charge < -0.3 is 9.64 Å². The number of nitrogens with zero attached hydrogens (tertiary/aromatic N) is 1. The average molecular weight is 199 g/mol. The molecular weight excluding hydrogens is 182 g/mol. The van der Waals surface area contributed by atoms with Gasteiger partial charge >= 0.3 is 5.97 Å². The molecule has 1 rings (SSSR count). The molecule has 1 aliphatic rings. The van der Waals surface area contributed by atoms with Crippen molar-refractivity contribution in [2.45, 2.75) is 32.6 Å². The zero-order chi connectivity index (χ0) is 10.4. The van der Waals surface area contributed by atoms with Crippen molar-refractivity contribution in [1.82, 2.24) is 4.90 Å². The second-order valence-corrected chi connectivity index (χ2v) is 3.45. The van der Waals surface area contributed by atoms with Crippen molar-refractivity contribution in [2.75, 3.05) is 19.7 Å². The van der Waals surface area contributed by atoms with Gasteiger partial charge in [-0.15, -0.1) is 0 Å². The second kappa shape index (κ2) is 5.62. The van der Waals surface area contributed by atoms with E-state index >= 15 is 0 Å². The van der Waals surface area contributed by atoms with E-state index in [4.69, 9.17) is 4.74 Å². The number of likely N-dealkylation sites (tertiary alicyclic amines) is 1. The van der Waals surface area contributed by atoms with Crippen LogP contribution in [0.1, 0.15) is 32.6 Å². The number of esters is 1. The highest BCUT2D eigenvalue weighted by molar-refractivity contribution is 5.78. The van der Waals surface area contributed by atoms with Gasteiger partial charge in [0.05, 0.1) is 6.54 Å². The first-order valence-corrected chi connectivity index (χ1v) is 5.17. The summed E-state index contributed by atoms with van der Waals surface area (Å²) < 4.78 is 4.96. The highest BCUT2D eigenvalue weighted by Crippen LogP contribution is 2.08. The van der Waals surface area contributed by atoms with E-state index in [9.17, 15) is 9.59 Å². The monoisotopic (exact) mass is 199 g/mol. The highest BCUT2D eigenvalue weighted by atomic mass is 16.5. The molecule has 1 aliphatic heterocycles. The number of hydrogen-bond acceptors (Lipinski definition) is 3. The quantitative estimate of drug-likeness (QED) is 0.619. The minimum atomic E-state index is -0.167. The molecule has 0 aliphatic carbocycles. The molecule has 0 unspecified atom stereocenters. The largest absolute Gasteiger partial charge is 0.464 e. The number of amides is 1. The summed E-state index contributed by atoms with van der Waals surface area (Å²) in [5.41, 5.74) is 0. The molecule has 1 heterocycles. The predicted octanol–water partition coefficient (Wildman–Crippen LogP) is 0.952. The summed E-state index contributed by atoms with van der Waals surface area (Å²) in [7, 11) is 0. The fourth-order valence-corrected chi connectivity index (χ4v) is 1.49. The zero-order valence-electron chi connectivity index (χ0n) is 8.62. The number of carbonyl (C=O) groups excluding carboxylic acids is 2. The van der Waals surface area contributed by atoms with Gasteiger partial charge in [-0.3, -0.25) is 9.59 Å². The molecule has 0 aromatic rings. The van der Waals surface area contributed by atoms with Crippen LogP contribution in [0.15, 0.2) is 0 Å². The van der Waals surface area contributed by atoms with Crippen molar-refractivity contribution in [3.8, 4) is 0 Å². The fraction of sp³-hybridized carbons (Fsp3) is 0.800. The van der Waals surface area contributed by atoms with Gasteiger partial charge in [-0.25, -0.2) is 0 Å². The molecule has 0 aromatic heterocycles. The lowest BCUT2D eigenvalue weighted by atomic mass is 10.3. The molecule has 0 radical (unpaired) electrons. The van der Waals surface area contributed by atoms with Crippen LogP contribution >= 0.6 is 0 Å². The van der Waals surface area contributed by atoms with Gasteiger partial charge in [-0.1, -0.05) is 6.92 Å². The molecule has 1 amide bonds. The lowest BCUT2D eigenvalue weighted by molar-refractivity contribution is -0.145. The first-order chi connectivity index (χ1) is 6.74. The van der Waals surface area contributed by atoms with Crippen LogP contribution in [0.4, 0.5) is 0 Å². The molecule has 4 nitrogen and oxygen atoms in total. The van der Waals surface area contributed by atoms with Gasteiger partial charge in [0.1, 0.15) is 6.61 Å². The van der Waals surface area contributed by atoms with E-state index in [2.05, 4.69) is 0 Å². The maximum atomic E-state index is 11.2. The van der Waals surface area contributed by atoms with E-state index in [-0.39, 0.29) is 11.9 Å². The molecule has 0 bridgehead atoms. The van der Waals surface area contributed by atoms with Gasteiger partial charge in [-0.2, -0.15) is 0 Å². The predicted molar refractivity (Wildman–Crippen MR) is 51.7 cm³/mol. The fourth-order valence-electron chi connectivity index (χ4n) is 1.49. The third-order valence-corrected chi connectivity index (χ3v) is 2.25. The van der Waals surface area contributed by atoms with Crippen LogP contribution < -0.4 is 0 Å². The third-order valence-electron chi connectivity index (χ3n) is 2.25. The zero-order valence-corrected chi connectivity index (χ0v) is 8.62. The smallest absolute Gasteiger partial charge is 0.305 e. The van der Waals surface area contributed by atoms with E-state index in [0.717, 1.165) is 19.4 Å². The molecule has 1 fully saturated rings. The Kier molecular flexibility index (Phi) is 4.43. The molecule has 1 saturated heterocycles. The number of carbonyl (C=O) groups is 2. The van der Waals surface area contributed by atoms with Crippen LogP contribution in [0.25, 0.3) is 0 Å². The van der Waals surface area contributed by atoms with Crippen molar-refractivity contribution in [3.05, 3.63) is 0 Å². The van der Waals surface area contributed by atoms with Crippen LogP contribution in [0.5, 0.6) is 0 Å². The molecule has 0 spiro atoms. The van der Waals surface area contributed by atoms with Gasteiger partial charge in [-0.05, 0) is 12.8 Å². The lowest BCUT2D eigenvalue weighted by Crippen LogP contribution is -2.29. The minimum absolute atomic E-state index is 0.167.